The molecule has 0 N–H and O–H groups in total. The van der Waals surface area contributed by atoms with E-state index in [1.807, 2.05) is 26.8 Å². The fraction of sp³-hybridized carbons (Fsp3) is 0.357. The largest absolute Gasteiger partial charge is 0.276 e. The number of hydrogen-bond acceptors (Lipinski definition) is 3. The minimum Gasteiger partial charge on any atom is -0.276 e. The predicted octanol–water partition coefficient (Wildman–Crippen LogP) is 3.30. The lowest BCUT2D eigenvalue weighted by atomic mass is 9.94. The summed E-state index contributed by atoms with van der Waals surface area (Å²) in [5.41, 5.74) is 4.71. The highest BCUT2D eigenvalue weighted by molar-refractivity contribution is 7.71. The van der Waals surface area contributed by atoms with Crippen LogP contribution in [0.3, 0.4) is 0 Å². The lowest BCUT2D eigenvalue weighted by Gasteiger charge is -2.13. The molecule has 0 heterocycles. The Morgan fingerprint density at radius 1 is 1.16 bits per heavy atom. The molecule has 0 aliphatic carbocycles. The molecule has 0 bridgehead atoms. The van der Waals surface area contributed by atoms with Gasteiger partial charge in [-0.25, -0.2) is 8.42 Å². The van der Waals surface area contributed by atoms with E-state index in [0.717, 1.165) is 22.3 Å². The van der Waals surface area contributed by atoms with Crippen LogP contribution in [0.25, 0.3) is 5.57 Å². The second-order valence-electron chi connectivity index (χ2n) is 4.71. The molecule has 0 saturated heterocycles. The molecule has 1 aromatic carbocycles. The molecule has 104 valence electrons. The molecular formula is C14H17ClO3S. The Labute approximate surface area is 120 Å². The first-order valence-electron chi connectivity index (χ1n) is 5.83. The van der Waals surface area contributed by atoms with Crippen LogP contribution < -0.4 is 0 Å². The van der Waals surface area contributed by atoms with E-state index in [1.165, 1.54) is 0 Å². The summed E-state index contributed by atoms with van der Waals surface area (Å²) in [7, 11) is -2.56. The molecule has 1 aromatic rings. The van der Waals surface area contributed by atoms with Crippen LogP contribution in [-0.4, -0.2) is 13.7 Å². The van der Waals surface area contributed by atoms with Crippen LogP contribution in [0.2, 0.25) is 0 Å². The Balaban J connectivity index is 3.58. The molecule has 0 fully saturated rings. The third kappa shape index (κ3) is 3.91. The zero-order valence-electron chi connectivity index (χ0n) is 11.4. The van der Waals surface area contributed by atoms with Crippen LogP contribution in [-0.2, 0) is 16.5 Å². The minimum absolute atomic E-state index is 0.0905. The van der Waals surface area contributed by atoms with Crippen LogP contribution in [0.1, 0.15) is 47.8 Å². The second-order valence-corrected chi connectivity index (χ2v) is 6.04. The van der Waals surface area contributed by atoms with Gasteiger partial charge < -0.3 is 0 Å². The standard InChI is InChI=1S/C14H17ClO3S/c1-8(2)10(4)13-5-9(3)12(14(15)16)6-11(13)7-19(17)18/h5-6,19H,7H2,1-4H3. The third-order valence-corrected chi connectivity index (χ3v) is 3.92. The van der Waals surface area contributed by atoms with Crippen molar-refractivity contribution in [3.05, 3.63) is 40.0 Å². The van der Waals surface area contributed by atoms with Gasteiger partial charge in [-0.2, -0.15) is 0 Å². The van der Waals surface area contributed by atoms with E-state index in [4.69, 9.17) is 11.6 Å². The summed E-state index contributed by atoms with van der Waals surface area (Å²) in [5.74, 6) is -0.0905. The Kier molecular flexibility index (Phi) is 5.32. The van der Waals surface area contributed by atoms with Crippen LogP contribution in [0, 0.1) is 6.92 Å². The highest BCUT2D eigenvalue weighted by Crippen LogP contribution is 2.27. The van der Waals surface area contributed by atoms with Crippen LogP contribution in [0.4, 0.5) is 0 Å². The van der Waals surface area contributed by atoms with Gasteiger partial charge in [-0.05, 0) is 67.6 Å². The molecule has 0 atom stereocenters. The Morgan fingerprint density at radius 3 is 2.16 bits per heavy atom. The lowest BCUT2D eigenvalue weighted by Crippen LogP contribution is -2.02. The predicted molar refractivity (Wildman–Crippen MR) is 79.3 cm³/mol. The van der Waals surface area contributed by atoms with E-state index in [-0.39, 0.29) is 5.75 Å². The first kappa shape index (κ1) is 15.9. The molecule has 5 heteroatoms. The van der Waals surface area contributed by atoms with Crippen molar-refractivity contribution in [2.24, 2.45) is 0 Å². The van der Waals surface area contributed by atoms with Gasteiger partial charge >= 0.3 is 0 Å². The molecule has 0 aliphatic rings. The summed E-state index contributed by atoms with van der Waals surface area (Å²) in [4.78, 5) is 11.3. The quantitative estimate of drug-likeness (QED) is 0.685. The van der Waals surface area contributed by atoms with E-state index in [2.05, 4.69) is 0 Å². The fourth-order valence-electron chi connectivity index (χ4n) is 1.85. The topological polar surface area (TPSA) is 51.2 Å². The number of carbonyl (C=O) groups excluding carboxylic acids is 1. The van der Waals surface area contributed by atoms with Crippen LogP contribution in [0.15, 0.2) is 17.7 Å². The number of allylic oxidation sites excluding steroid dienone is 2. The Morgan fingerprint density at radius 2 is 1.74 bits per heavy atom. The van der Waals surface area contributed by atoms with Crippen molar-refractivity contribution in [3.8, 4) is 0 Å². The summed E-state index contributed by atoms with van der Waals surface area (Å²) in [6.07, 6.45) is 0. The fourth-order valence-corrected chi connectivity index (χ4v) is 2.60. The molecule has 0 amide bonds. The van der Waals surface area contributed by atoms with Crippen molar-refractivity contribution >= 4 is 33.1 Å². The monoisotopic (exact) mass is 300 g/mol. The minimum atomic E-state index is -2.56. The molecule has 0 aliphatic heterocycles. The van der Waals surface area contributed by atoms with Crippen LogP contribution >= 0.6 is 11.6 Å². The van der Waals surface area contributed by atoms with Crippen molar-refractivity contribution in [2.45, 2.75) is 33.4 Å². The number of rotatable bonds is 4. The van der Waals surface area contributed by atoms with E-state index in [9.17, 15) is 13.2 Å². The van der Waals surface area contributed by atoms with Gasteiger partial charge in [0.05, 0.1) is 5.75 Å². The molecular weight excluding hydrogens is 284 g/mol. The van der Waals surface area contributed by atoms with Crippen molar-refractivity contribution in [2.75, 3.05) is 0 Å². The summed E-state index contributed by atoms with van der Waals surface area (Å²) >= 11 is 5.51. The Hall–Kier alpha value is -1.13. The molecule has 3 nitrogen and oxygen atoms in total. The molecule has 19 heavy (non-hydrogen) atoms. The maximum absolute atomic E-state index is 11.3. The maximum atomic E-state index is 11.3. The maximum Gasteiger partial charge on any atom is 0.252 e. The lowest BCUT2D eigenvalue weighted by molar-refractivity contribution is 0.108. The van der Waals surface area contributed by atoms with Crippen molar-refractivity contribution in [1.29, 1.82) is 0 Å². The molecule has 0 radical (unpaired) electrons. The Bertz CT molecular complexity index is 616. The molecule has 0 unspecified atom stereocenters. The van der Waals surface area contributed by atoms with Gasteiger partial charge in [0.1, 0.15) is 10.7 Å². The van der Waals surface area contributed by atoms with Gasteiger partial charge in [0, 0.05) is 5.56 Å². The summed E-state index contributed by atoms with van der Waals surface area (Å²) in [6, 6.07) is 3.41. The van der Waals surface area contributed by atoms with E-state index >= 15 is 0 Å². The first-order chi connectivity index (χ1) is 8.73. The second kappa shape index (κ2) is 6.35. The van der Waals surface area contributed by atoms with Gasteiger partial charge in [-0.15, -0.1) is 0 Å². The zero-order chi connectivity index (χ0) is 14.7. The SMILES string of the molecule is CC(C)=C(C)c1cc(C)c(C(=O)Cl)cc1C[SH](=O)=O. The van der Waals surface area contributed by atoms with Crippen LogP contribution in [0.5, 0.6) is 0 Å². The van der Waals surface area contributed by atoms with Gasteiger partial charge in [-0.1, -0.05) is 11.6 Å². The number of aryl methyl sites for hydroxylation is 1. The van der Waals surface area contributed by atoms with Crippen molar-refractivity contribution < 1.29 is 13.2 Å². The number of halogens is 1. The molecule has 1 rings (SSSR count). The third-order valence-electron chi connectivity index (χ3n) is 3.12. The molecule has 0 saturated carbocycles. The van der Waals surface area contributed by atoms with E-state index in [1.54, 1.807) is 13.0 Å². The van der Waals surface area contributed by atoms with Crippen molar-refractivity contribution in [3.63, 3.8) is 0 Å². The first-order valence-corrected chi connectivity index (χ1v) is 7.57. The molecule has 0 aromatic heterocycles. The smallest absolute Gasteiger partial charge is 0.252 e. The van der Waals surface area contributed by atoms with Gasteiger partial charge in [0.25, 0.3) is 5.24 Å². The van der Waals surface area contributed by atoms with Gasteiger partial charge in [0.2, 0.25) is 0 Å². The van der Waals surface area contributed by atoms with Gasteiger partial charge in [-0.3, -0.25) is 4.79 Å². The average molecular weight is 301 g/mol. The summed E-state index contributed by atoms with van der Waals surface area (Å²) < 4.78 is 22.0. The summed E-state index contributed by atoms with van der Waals surface area (Å²) in [6.45, 7) is 7.66. The molecule has 0 spiro atoms. The van der Waals surface area contributed by atoms with Crippen molar-refractivity contribution in [1.82, 2.24) is 0 Å². The highest BCUT2D eigenvalue weighted by atomic mass is 35.5. The number of hydrogen-bond donors (Lipinski definition) is 1. The number of carbonyl (C=O) groups is 1. The van der Waals surface area contributed by atoms with E-state index < -0.39 is 15.9 Å². The zero-order valence-corrected chi connectivity index (χ0v) is 13.1. The normalized spacial score (nSPS) is 10.6. The number of thiol groups is 1. The van der Waals surface area contributed by atoms with E-state index in [0.29, 0.717) is 11.1 Å². The summed E-state index contributed by atoms with van der Waals surface area (Å²) in [5, 5.41) is -0.568. The average Bonchev–Trinajstić information content (AvgIpc) is 2.28. The highest BCUT2D eigenvalue weighted by Gasteiger charge is 2.14. The van der Waals surface area contributed by atoms with Gasteiger partial charge in [0.15, 0.2) is 0 Å². The number of benzene rings is 1.